The Balaban J connectivity index is 1.45. The SMILES string of the molecule is CCC(C(=O)OC)c1cccc(Oc2cc(NC3Cc4ccccc4C3)ncn2)c1. The number of ether oxygens (including phenoxy) is 2. The third-order valence-corrected chi connectivity index (χ3v) is 5.42. The molecule has 1 aliphatic rings. The summed E-state index contributed by atoms with van der Waals surface area (Å²) >= 11 is 0. The standard InChI is InChI=1S/C24H25N3O3/c1-3-21(24(28)29-2)18-9-6-10-20(13-18)30-23-14-22(25-15-26-23)27-19-11-16-7-4-5-8-17(16)12-19/h4-10,13-15,19,21H,3,11-12H2,1-2H3,(H,25,26,27). The second-order valence-corrected chi connectivity index (χ2v) is 7.42. The largest absolute Gasteiger partial charge is 0.469 e. The number of hydrogen-bond acceptors (Lipinski definition) is 6. The third-order valence-electron chi connectivity index (χ3n) is 5.42. The first-order chi connectivity index (χ1) is 14.7. The van der Waals surface area contributed by atoms with Gasteiger partial charge < -0.3 is 14.8 Å². The van der Waals surface area contributed by atoms with E-state index >= 15 is 0 Å². The number of anilines is 1. The van der Waals surface area contributed by atoms with Crippen molar-refractivity contribution in [3.8, 4) is 11.6 Å². The van der Waals surface area contributed by atoms with Crippen molar-refractivity contribution >= 4 is 11.8 Å². The lowest BCUT2D eigenvalue weighted by Gasteiger charge is -2.15. The van der Waals surface area contributed by atoms with Crippen LogP contribution in [0.4, 0.5) is 5.82 Å². The van der Waals surface area contributed by atoms with E-state index in [9.17, 15) is 4.79 Å². The lowest BCUT2D eigenvalue weighted by atomic mass is 9.96. The molecule has 30 heavy (non-hydrogen) atoms. The van der Waals surface area contributed by atoms with Crippen LogP contribution in [0.15, 0.2) is 60.9 Å². The predicted molar refractivity (Wildman–Crippen MR) is 115 cm³/mol. The molecule has 1 aromatic heterocycles. The summed E-state index contributed by atoms with van der Waals surface area (Å²) in [4.78, 5) is 20.6. The van der Waals surface area contributed by atoms with Crippen LogP contribution in [0, 0.1) is 0 Å². The number of esters is 1. The number of nitrogens with zero attached hydrogens (tertiary/aromatic N) is 2. The Hall–Kier alpha value is -3.41. The van der Waals surface area contributed by atoms with Gasteiger partial charge in [0.05, 0.1) is 13.0 Å². The van der Waals surface area contributed by atoms with Gasteiger partial charge in [-0.05, 0) is 48.1 Å². The second-order valence-electron chi connectivity index (χ2n) is 7.42. The summed E-state index contributed by atoms with van der Waals surface area (Å²) < 4.78 is 10.9. The summed E-state index contributed by atoms with van der Waals surface area (Å²) in [6, 6.07) is 18.1. The van der Waals surface area contributed by atoms with Crippen LogP contribution in [0.25, 0.3) is 0 Å². The van der Waals surface area contributed by atoms with E-state index in [1.807, 2.05) is 31.2 Å². The molecule has 6 heteroatoms. The molecule has 1 atom stereocenters. The van der Waals surface area contributed by atoms with Crippen molar-refractivity contribution < 1.29 is 14.3 Å². The lowest BCUT2D eigenvalue weighted by molar-refractivity contribution is -0.142. The molecule has 6 nitrogen and oxygen atoms in total. The maximum absolute atomic E-state index is 12.0. The first kappa shape index (κ1) is 19.9. The van der Waals surface area contributed by atoms with Gasteiger partial charge >= 0.3 is 5.97 Å². The first-order valence-electron chi connectivity index (χ1n) is 10.2. The lowest BCUT2D eigenvalue weighted by Crippen LogP contribution is -2.20. The first-order valence-corrected chi connectivity index (χ1v) is 10.2. The molecule has 3 aromatic rings. The minimum Gasteiger partial charge on any atom is -0.469 e. The fourth-order valence-corrected chi connectivity index (χ4v) is 3.94. The number of benzene rings is 2. The van der Waals surface area contributed by atoms with Crippen molar-refractivity contribution in [2.24, 2.45) is 0 Å². The molecule has 0 bridgehead atoms. The molecule has 154 valence electrons. The Morgan fingerprint density at radius 2 is 1.87 bits per heavy atom. The van der Waals surface area contributed by atoms with E-state index in [-0.39, 0.29) is 11.9 Å². The van der Waals surface area contributed by atoms with Crippen molar-refractivity contribution in [1.82, 2.24) is 9.97 Å². The maximum atomic E-state index is 12.0. The zero-order valence-corrected chi connectivity index (χ0v) is 17.2. The Bertz CT molecular complexity index is 1010. The number of aromatic nitrogens is 2. The highest BCUT2D eigenvalue weighted by Gasteiger charge is 2.22. The molecule has 0 saturated heterocycles. The van der Waals surface area contributed by atoms with Crippen LogP contribution in [0.1, 0.15) is 36.0 Å². The maximum Gasteiger partial charge on any atom is 0.313 e. The van der Waals surface area contributed by atoms with E-state index in [4.69, 9.17) is 9.47 Å². The third kappa shape index (κ3) is 4.43. The van der Waals surface area contributed by atoms with Gasteiger partial charge in [0.25, 0.3) is 0 Å². The molecule has 1 heterocycles. The molecule has 0 fully saturated rings. The molecule has 2 aromatic carbocycles. The van der Waals surface area contributed by atoms with Gasteiger partial charge in [0.1, 0.15) is 17.9 Å². The number of nitrogens with one attached hydrogen (secondary N) is 1. The molecule has 1 N–H and O–H groups in total. The van der Waals surface area contributed by atoms with E-state index in [1.165, 1.54) is 24.6 Å². The van der Waals surface area contributed by atoms with Crippen molar-refractivity contribution in [3.63, 3.8) is 0 Å². The monoisotopic (exact) mass is 403 g/mol. The fraction of sp³-hybridized carbons (Fsp3) is 0.292. The molecule has 4 rings (SSSR count). The van der Waals surface area contributed by atoms with Crippen molar-refractivity contribution in [3.05, 3.63) is 77.6 Å². The molecule has 0 saturated carbocycles. The minimum atomic E-state index is -0.315. The van der Waals surface area contributed by atoms with Gasteiger partial charge in [0.2, 0.25) is 5.88 Å². The number of rotatable bonds is 7. The smallest absolute Gasteiger partial charge is 0.313 e. The zero-order chi connectivity index (χ0) is 20.9. The van der Waals surface area contributed by atoms with Crippen molar-refractivity contribution in [2.75, 3.05) is 12.4 Å². The van der Waals surface area contributed by atoms with Gasteiger partial charge in [-0.25, -0.2) is 9.97 Å². The van der Waals surface area contributed by atoms with Gasteiger partial charge in [0.15, 0.2) is 0 Å². The van der Waals surface area contributed by atoms with Gasteiger partial charge in [-0.1, -0.05) is 43.3 Å². The number of carbonyl (C=O) groups excluding carboxylic acids is 1. The fourth-order valence-electron chi connectivity index (χ4n) is 3.94. The minimum absolute atomic E-state index is 0.249. The van der Waals surface area contributed by atoms with E-state index in [0.717, 1.165) is 24.2 Å². The molecule has 0 aliphatic heterocycles. The topological polar surface area (TPSA) is 73.3 Å². The number of carbonyl (C=O) groups is 1. The molecule has 1 unspecified atom stereocenters. The highest BCUT2D eigenvalue weighted by Crippen LogP contribution is 2.28. The summed E-state index contributed by atoms with van der Waals surface area (Å²) in [7, 11) is 1.41. The Morgan fingerprint density at radius 3 is 2.57 bits per heavy atom. The van der Waals surface area contributed by atoms with Crippen molar-refractivity contribution in [2.45, 2.75) is 38.1 Å². The van der Waals surface area contributed by atoms with E-state index < -0.39 is 0 Å². The zero-order valence-electron chi connectivity index (χ0n) is 17.2. The summed E-state index contributed by atoms with van der Waals surface area (Å²) in [6.07, 6.45) is 4.10. The molecule has 1 aliphatic carbocycles. The van der Waals surface area contributed by atoms with Crippen LogP contribution in [-0.4, -0.2) is 29.1 Å². The van der Waals surface area contributed by atoms with Gasteiger partial charge in [-0.3, -0.25) is 4.79 Å². The predicted octanol–water partition coefficient (Wildman–Crippen LogP) is 4.51. The van der Waals surface area contributed by atoms with E-state index in [1.54, 1.807) is 6.07 Å². The summed E-state index contributed by atoms with van der Waals surface area (Å²) in [5.41, 5.74) is 3.62. The molecular weight excluding hydrogens is 378 g/mol. The Kier molecular flexibility index (Phi) is 5.93. The molecular formula is C24H25N3O3. The molecule has 0 spiro atoms. The molecule has 0 radical (unpaired) electrons. The van der Waals surface area contributed by atoms with E-state index in [0.29, 0.717) is 24.1 Å². The average Bonchev–Trinajstić information content (AvgIpc) is 3.17. The van der Waals surface area contributed by atoms with Crippen LogP contribution >= 0.6 is 0 Å². The quantitative estimate of drug-likeness (QED) is 0.585. The number of methoxy groups -OCH3 is 1. The van der Waals surface area contributed by atoms with Crippen LogP contribution in [0.5, 0.6) is 11.6 Å². The highest BCUT2D eigenvalue weighted by atomic mass is 16.5. The van der Waals surface area contributed by atoms with Crippen LogP contribution in [-0.2, 0) is 22.4 Å². The number of hydrogen-bond donors (Lipinski definition) is 1. The highest BCUT2D eigenvalue weighted by molar-refractivity contribution is 5.78. The Labute approximate surface area is 176 Å². The van der Waals surface area contributed by atoms with Crippen LogP contribution in [0.2, 0.25) is 0 Å². The van der Waals surface area contributed by atoms with Gasteiger partial charge in [0, 0.05) is 12.1 Å². The molecule has 0 amide bonds. The number of fused-ring (bicyclic) bond motifs is 1. The summed E-state index contributed by atoms with van der Waals surface area (Å²) in [6.45, 7) is 1.96. The summed E-state index contributed by atoms with van der Waals surface area (Å²) in [5, 5.41) is 3.48. The summed E-state index contributed by atoms with van der Waals surface area (Å²) in [5.74, 6) is 1.24. The van der Waals surface area contributed by atoms with E-state index in [2.05, 4.69) is 39.6 Å². The Morgan fingerprint density at radius 1 is 1.10 bits per heavy atom. The van der Waals surface area contributed by atoms with Gasteiger partial charge in [-0.2, -0.15) is 0 Å². The van der Waals surface area contributed by atoms with Crippen LogP contribution in [0.3, 0.4) is 0 Å². The van der Waals surface area contributed by atoms with Gasteiger partial charge in [-0.15, -0.1) is 0 Å². The van der Waals surface area contributed by atoms with Crippen LogP contribution < -0.4 is 10.1 Å². The van der Waals surface area contributed by atoms with Crippen molar-refractivity contribution in [1.29, 1.82) is 0 Å². The normalized spacial score (nSPS) is 14.1. The second kappa shape index (κ2) is 8.95. The average molecular weight is 403 g/mol.